The molecule has 360 valence electrons. The SMILES string of the molecule is C=CC(=O)OCCCOC1CCC(C(=O)Oc2ccc(OC(=O)c3cccc4c3C3(CC4)CCc4cccc(C(=O)Oc5ccc(OC(=O)C6CCC(OCOC(=O)C=C)CC6)cc5)c43)cc2)CC1. The van der Waals surface area contributed by atoms with Crippen LogP contribution in [0.2, 0.25) is 0 Å². The highest BCUT2D eigenvalue weighted by molar-refractivity contribution is 5.97. The normalized spacial score (nSPS) is 21.2. The van der Waals surface area contributed by atoms with Gasteiger partial charge in [0.2, 0.25) is 0 Å². The van der Waals surface area contributed by atoms with Gasteiger partial charge in [-0.2, -0.15) is 0 Å². The van der Waals surface area contributed by atoms with E-state index in [1.807, 2.05) is 24.3 Å². The molecule has 4 aliphatic carbocycles. The van der Waals surface area contributed by atoms with Gasteiger partial charge < -0.3 is 37.9 Å². The van der Waals surface area contributed by atoms with Crippen molar-refractivity contribution in [1.29, 1.82) is 0 Å². The highest BCUT2D eigenvalue weighted by Crippen LogP contribution is 2.54. The van der Waals surface area contributed by atoms with E-state index >= 15 is 0 Å². The number of ether oxygens (including phenoxy) is 8. The van der Waals surface area contributed by atoms with Crippen molar-refractivity contribution in [3.05, 3.63) is 144 Å². The van der Waals surface area contributed by atoms with Gasteiger partial charge in [0.1, 0.15) is 23.0 Å². The van der Waals surface area contributed by atoms with Gasteiger partial charge in [0, 0.05) is 24.0 Å². The summed E-state index contributed by atoms with van der Waals surface area (Å²) in [6.45, 7) is 7.30. The maximum Gasteiger partial charge on any atom is 0.343 e. The number of carbonyl (C=O) groups excluding carboxylic acids is 6. The third-order valence-corrected chi connectivity index (χ3v) is 13.6. The van der Waals surface area contributed by atoms with E-state index in [1.54, 1.807) is 60.7 Å². The molecule has 69 heavy (non-hydrogen) atoms. The van der Waals surface area contributed by atoms with Crippen LogP contribution in [0.3, 0.4) is 0 Å². The van der Waals surface area contributed by atoms with E-state index in [2.05, 4.69) is 13.2 Å². The Bertz CT molecular complexity index is 2540. The molecule has 0 aromatic heterocycles. The second-order valence-electron chi connectivity index (χ2n) is 17.8. The summed E-state index contributed by atoms with van der Waals surface area (Å²) in [7, 11) is 0. The van der Waals surface area contributed by atoms with Crippen molar-refractivity contribution >= 4 is 35.8 Å². The number of aryl methyl sites for hydroxylation is 2. The summed E-state index contributed by atoms with van der Waals surface area (Å²) in [5.74, 6) is -2.07. The van der Waals surface area contributed by atoms with Crippen LogP contribution in [0.5, 0.6) is 23.0 Å². The Hall–Kier alpha value is -6.90. The minimum atomic E-state index is -0.622. The number of hydrogen-bond acceptors (Lipinski definition) is 14. The molecule has 1 spiro atoms. The van der Waals surface area contributed by atoms with Gasteiger partial charge in [0.05, 0.1) is 48.4 Å². The zero-order valence-electron chi connectivity index (χ0n) is 38.5. The lowest BCUT2D eigenvalue weighted by molar-refractivity contribution is -0.157. The molecule has 4 aromatic carbocycles. The molecular formula is C55H56O14. The van der Waals surface area contributed by atoms with Crippen LogP contribution in [-0.2, 0) is 56.4 Å². The predicted molar refractivity (Wildman–Crippen MR) is 250 cm³/mol. The zero-order chi connectivity index (χ0) is 48.3. The summed E-state index contributed by atoms with van der Waals surface area (Å²) in [6.07, 6.45) is 10.6. The van der Waals surface area contributed by atoms with E-state index in [9.17, 15) is 28.8 Å². The maximum atomic E-state index is 14.1. The molecule has 0 heterocycles. The molecule has 0 aliphatic heterocycles. The van der Waals surface area contributed by atoms with Gasteiger partial charge in [-0.25, -0.2) is 19.2 Å². The summed E-state index contributed by atoms with van der Waals surface area (Å²) < 4.78 is 44.7. The quantitative estimate of drug-likeness (QED) is 0.0304. The third-order valence-electron chi connectivity index (χ3n) is 13.6. The van der Waals surface area contributed by atoms with Gasteiger partial charge in [-0.15, -0.1) is 0 Å². The molecule has 14 nitrogen and oxygen atoms in total. The fraction of sp³-hybridized carbons (Fsp3) is 0.382. The molecule has 1 atom stereocenters. The number of carbonyl (C=O) groups is 6. The molecular weight excluding hydrogens is 885 g/mol. The maximum absolute atomic E-state index is 14.1. The van der Waals surface area contributed by atoms with E-state index in [-0.39, 0.29) is 60.9 Å². The smallest absolute Gasteiger partial charge is 0.343 e. The van der Waals surface area contributed by atoms with Gasteiger partial charge in [-0.3, -0.25) is 9.59 Å². The topological polar surface area (TPSA) is 176 Å². The molecule has 4 aliphatic rings. The van der Waals surface area contributed by atoms with Crippen molar-refractivity contribution in [2.45, 2.75) is 101 Å². The van der Waals surface area contributed by atoms with Crippen LogP contribution in [0.4, 0.5) is 0 Å². The van der Waals surface area contributed by atoms with Crippen LogP contribution in [0.15, 0.2) is 110 Å². The molecule has 2 fully saturated rings. The van der Waals surface area contributed by atoms with E-state index in [4.69, 9.17) is 37.9 Å². The summed E-state index contributed by atoms with van der Waals surface area (Å²) in [5.41, 5.74) is 3.97. The Morgan fingerprint density at radius 3 is 1.38 bits per heavy atom. The molecule has 14 heteroatoms. The Kier molecular flexibility index (Phi) is 15.8. The average molecular weight is 941 g/mol. The zero-order valence-corrected chi connectivity index (χ0v) is 38.5. The van der Waals surface area contributed by atoms with E-state index in [1.165, 1.54) is 0 Å². The molecule has 1 unspecified atom stereocenters. The Morgan fingerprint density at radius 2 is 0.928 bits per heavy atom. The van der Waals surface area contributed by atoms with Gasteiger partial charge in [-0.1, -0.05) is 37.4 Å². The fourth-order valence-electron chi connectivity index (χ4n) is 10.1. The van der Waals surface area contributed by atoms with Crippen LogP contribution in [0.1, 0.15) is 114 Å². The Morgan fingerprint density at radius 1 is 0.507 bits per heavy atom. The molecule has 0 saturated heterocycles. The van der Waals surface area contributed by atoms with Crippen molar-refractivity contribution in [2.24, 2.45) is 11.8 Å². The van der Waals surface area contributed by atoms with E-state index < -0.39 is 29.3 Å². The summed E-state index contributed by atoms with van der Waals surface area (Å²) in [6, 6.07) is 24.1. The van der Waals surface area contributed by atoms with Crippen LogP contribution in [0.25, 0.3) is 0 Å². The first-order chi connectivity index (χ1) is 33.5. The highest BCUT2D eigenvalue weighted by Gasteiger charge is 2.49. The Balaban J connectivity index is 0.856. The number of rotatable bonds is 18. The minimum Gasteiger partial charge on any atom is -0.462 e. The predicted octanol–water partition coefficient (Wildman–Crippen LogP) is 9.07. The van der Waals surface area contributed by atoms with Crippen LogP contribution in [0, 0.1) is 11.8 Å². The number of fused-ring (bicyclic) bond motifs is 4. The van der Waals surface area contributed by atoms with Gasteiger partial charge in [-0.05, 0) is 160 Å². The molecule has 8 rings (SSSR count). The summed E-state index contributed by atoms with van der Waals surface area (Å²) in [4.78, 5) is 76.7. The van der Waals surface area contributed by atoms with E-state index in [0.717, 1.165) is 47.2 Å². The molecule has 4 aromatic rings. The molecule has 0 bridgehead atoms. The first-order valence-electron chi connectivity index (χ1n) is 23.7. The fourth-order valence-corrected chi connectivity index (χ4v) is 10.1. The van der Waals surface area contributed by atoms with E-state index in [0.29, 0.717) is 99.9 Å². The second kappa shape index (κ2) is 22.5. The molecule has 0 radical (unpaired) electrons. The van der Waals surface area contributed by atoms with Crippen molar-refractivity contribution in [2.75, 3.05) is 20.0 Å². The Labute approximate surface area is 400 Å². The number of esters is 6. The van der Waals surface area contributed by atoms with Crippen LogP contribution >= 0.6 is 0 Å². The lowest BCUT2D eigenvalue weighted by Gasteiger charge is -2.30. The lowest BCUT2D eigenvalue weighted by Crippen LogP contribution is -2.29. The standard InChI is InChI=1S/C55H56O14/c1-3-47(56)63-33-7-32-62-39-16-12-37(13-17-39)51(58)66-41-20-24-43(25-21-41)68-53(60)45-10-5-8-35-28-30-55(49(35)45)31-29-36-9-6-11-46(50(36)55)54(61)69-44-26-22-42(23-27-44)67-52(59)38-14-18-40(19-15-38)64-34-65-48(57)4-2/h3-6,8-11,20-27,37-40H,1-2,7,12-19,28-34H2. The first-order valence-corrected chi connectivity index (χ1v) is 23.7. The van der Waals surface area contributed by atoms with Crippen molar-refractivity contribution in [3.8, 4) is 23.0 Å². The number of hydrogen-bond donors (Lipinski definition) is 0. The molecule has 0 N–H and O–H groups in total. The van der Waals surface area contributed by atoms with Gasteiger partial charge in [0.25, 0.3) is 0 Å². The third kappa shape index (κ3) is 11.7. The number of benzene rings is 4. The molecule has 0 amide bonds. The largest absolute Gasteiger partial charge is 0.462 e. The van der Waals surface area contributed by atoms with Crippen LogP contribution in [-0.4, -0.2) is 68.0 Å². The van der Waals surface area contributed by atoms with Gasteiger partial charge >= 0.3 is 35.8 Å². The van der Waals surface area contributed by atoms with Crippen molar-refractivity contribution < 1.29 is 66.7 Å². The van der Waals surface area contributed by atoms with Crippen LogP contribution < -0.4 is 18.9 Å². The molecule has 2 saturated carbocycles. The summed E-state index contributed by atoms with van der Waals surface area (Å²) >= 11 is 0. The van der Waals surface area contributed by atoms with Crippen molar-refractivity contribution in [1.82, 2.24) is 0 Å². The lowest BCUT2D eigenvalue weighted by atomic mass is 9.73. The van der Waals surface area contributed by atoms with Gasteiger partial charge in [0.15, 0.2) is 6.79 Å². The average Bonchev–Trinajstić information content (AvgIpc) is 3.95. The minimum absolute atomic E-state index is 0.0358. The summed E-state index contributed by atoms with van der Waals surface area (Å²) in [5, 5.41) is 0. The monoisotopic (exact) mass is 940 g/mol. The van der Waals surface area contributed by atoms with Crippen molar-refractivity contribution in [3.63, 3.8) is 0 Å². The first kappa shape index (κ1) is 48.6. The second-order valence-corrected chi connectivity index (χ2v) is 17.8. The highest BCUT2D eigenvalue weighted by atomic mass is 16.7.